The minimum absolute atomic E-state index is 0.0243. The first-order chi connectivity index (χ1) is 10.3. The van der Waals surface area contributed by atoms with Crippen LogP contribution in [0.25, 0.3) is 0 Å². The lowest BCUT2D eigenvalue weighted by atomic mass is 10.3. The summed E-state index contributed by atoms with van der Waals surface area (Å²) in [7, 11) is 0. The first-order valence-corrected chi connectivity index (χ1v) is 7.84. The summed E-state index contributed by atoms with van der Waals surface area (Å²) < 4.78 is 5.05. The van der Waals surface area contributed by atoms with E-state index in [4.69, 9.17) is 74.3 Å². The van der Waals surface area contributed by atoms with Crippen LogP contribution in [0.5, 0.6) is 5.75 Å². The molecule has 0 fully saturated rings. The number of carbonyl (C=O) groups excluding carboxylic acids is 1. The minimum Gasteiger partial charge on any atom is -0.407 e. The molecule has 3 nitrogen and oxygen atoms in total. The van der Waals surface area contributed by atoms with Crippen LogP contribution in [0.1, 0.15) is 0 Å². The van der Waals surface area contributed by atoms with Crippen LogP contribution in [0.4, 0.5) is 10.5 Å². The van der Waals surface area contributed by atoms with E-state index >= 15 is 0 Å². The molecular formula is C13H5Cl6NO2. The van der Waals surface area contributed by atoms with E-state index in [-0.39, 0.29) is 30.9 Å². The van der Waals surface area contributed by atoms with Gasteiger partial charge in [0.1, 0.15) is 10.0 Å². The number of halogens is 6. The van der Waals surface area contributed by atoms with Gasteiger partial charge in [-0.1, -0.05) is 69.6 Å². The predicted octanol–water partition coefficient (Wildman–Crippen LogP) is 7.22. The van der Waals surface area contributed by atoms with Crippen molar-refractivity contribution in [3.63, 3.8) is 0 Å². The zero-order chi connectivity index (χ0) is 16.4. The molecule has 22 heavy (non-hydrogen) atoms. The smallest absolute Gasteiger partial charge is 0.407 e. The average Bonchev–Trinajstić information content (AvgIpc) is 2.50. The summed E-state index contributed by atoms with van der Waals surface area (Å²) in [6.45, 7) is 0. The van der Waals surface area contributed by atoms with Crippen molar-refractivity contribution in [1.82, 2.24) is 0 Å². The molecule has 1 amide bonds. The molecule has 2 rings (SSSR count). The second-order valence-corrected chi connectivity index (χ2v) is 6.25. The third-order valence-electron chi connectivity index (χ3n) is 2.45. The summed E-state index contributed by atoms with van der Waals surface area (Å²) in [6, 6.07) is 6.39. The molecule has 116 valence electrons. The maximum absolute atomic E-state index is 11.9. The minimum atomic E-state index is -0.833. The van der Waals surface area contributed by atoms with E-state index in [0.29, 0.717) is 10.7 Å². The van der Waals surface area contributed by atoms with E-state index in [0.717, 1.165) is 0 Å². The summed E-state index contributed by atoms with van der Waals surface area (Å²) in [5.74, 6) is -0.186. The van der Waals surface area contributed by atoms with Crippen LogP contribution in [0.2, 0.25) is 30.1 Å². The van der Waals surface area contributed by atoms with E-state index in [2.05, 4.69) is 5.32 Å². The molecule has 0 unspecified atom stereocenters. The van der Waals surface area contributed by atoms with Crippen molar-refractivity contribution in [3.8, 4) is 5.75 Å². The summed E-state index contributed by atoms with van der Waals surface area (Å²) in [5, 5.41) is 2.61. The third-order valence-corrected chi connectivity index (χ3v) is 4.95. The van der Waals surface area contributed by atoms with Crippen LogP contribution in [0, 0.1) is 0 Å². The van der Waals surface area contributed by atoms with Gasteiger partial charge in [-0.05, 0) is 24.3 Å². The Balaban J connectivity index is 2.24. The highest BCUT2D eigenvalue weighted by Gasteiger charge is 2.22. The molecule has 0 aliphatic rings. The van der Waals surface area contributed by atoms with Crippen LogP contribution in [0.3, 0.4) is 0 Å². The quantitative estimate of drug-likeness (QED) is 0.412. The molecule has 1 N–H and O–H groups in total. The van der Waals surface area contributed by atoms with E-state index in [1.807, 2.05) is 0 Å². The Hall–Kier alpha value is -0.550. The number of amides is 1. The van der Waals surface area contributed by atoms with E-state index in [1.165, 1.54) is 0 Å². The number of ether oxygens (including phenoxy) is 1. The fraction of sp³-hybridized carbons (Fsp3) is 0. The van der Waals surface area contributed by atoms with Crippen molar-refractivity contribution in [2.24, 2.45) is 0 Å². The summed E-state index contributed by atoms with van der Waals surface area (Å²) in [6.07, 6.45) is -0.833. The molecule has 0 saturated carbocycles. The molecule has 0 atom stereocenters. The highest BCUT2D eigenvalue weighted by molar-refractivity contribution is 6.55. The molecule has 0 spiro atoms. The van der Waals surface area contributed by atoms with E-state index < -0.39 is 6.09 Å². The highest BCUT2D eigenvalue weighted by Crippen LogP contribution is 2.48. The molecule has 0 bridgehead atoms. The lowest BCUT2D eigenvalue weighted by Gasteiger charge is -2.13. The van der Waals surface area contributed by atoms with E-state index in [1.54, 1.807) is 24.3 Å². The van der Waals surface area contributed by atoms with Crippen molar-refractivity contribution in [2.75, 3.05) is 5.32 Å². The molecule has 0 aromatic heterocycles. The topological polar surface area (TPSA) is 38.3 Å². The molecule has 0 heterocycles. The number of hydrogen-bond donors (Lipinski definition) is 1. The zero-order valence-electron chi connectivity index (χ0n) is 10.4. The maximum Gasteiger partial charge on any atom is 0.417 e. The second kappa shape index (κ2) is 7.35. The molecule has 0 aliphatic heterocycles. The number of rotatable bonds is 2. The van der Waals surface area contributed by atoms with Gasteiger partial charge < -0.3 is 4.74 Å². The monoisotopic (exact) mass is 417 g/mol. The van der Waals surface area contributed by atoms with Gasteiger partial charge in [-0.15, -0.1) is 0 Å². The first-order valence-electron chi connectivity index (χ1n) is 5.57. The standard InChI is InChI=1S/C13H5Cl6NO2/c14-5-1-3-6(4-2-5)20-13(21)22-12-10(18)8(16)7(15)9(17)11(12)19/h1-4H,(H,20,21). The van der Waals surface area contributed by atoms with Gasteiger partial charge in [0.05, 0.1) is 15.1 Å². The van der Waals surface area contributed by atoms with Crippen molar-refractivity contribution in [2.45, 2.75) is 0 Å². The normalized spacial score (nSPS) is 10.5. The average molecular weight is 420 g/mol. The summed E-state index contributed by atoms with van der Waals surface area (Å²) in [4.78, 5) is 11.9. The number of nitrogens with one attached hydrogen (secondary N) is 1. The molecule has 2 aromatic rings. The van der Waals surface area contributed by atoms with Gasteiger partial charge in [-0.2, -0.15) is 0 Å². The third kappa shape index (κ3) is 3.85. The van der Waals surface area contributed by atoms with E-state index in [9.17, 15) is 4.79 Å². The van der Waals surface area contributed by atoms with Crippen LogP contribution < -0.4 is 10.1 Å². The van der Waals surface area contributed by atoms with Gasteiger partial charge in [0, 0.05) is 10.7 Å². The van der Waals surface area contributed by atoms with Crippen molar-refractivity contribution >= 4 is 81.4 Å². The Morgan fingerprint density at radius 1 is 0.773 bits per heavy atom. The number of hydrogen-bond acceptors (Lipinski definition) is 2. The highest BCUT2D eigenvalue weighted by atomic mass is 35.5. The molecular weight excluding hydrogens is 415 g/mol. The van der Waals surface area contributed by atoms with Crippen LogP contribution in [0.15, 0.2) is 24.3 Å². The van der Waals surface area contributed by atoms with Crippen molar-refractivity contribution in [1.29, 1.82) is 0 Å². The lowest BCUT2D eigenvalue weighted by molar-refractivity contribution is 0.215. The number of anilines is 1. The molecule has 2 aromatic carbocycles. The number of carbonyl (C=O) groups is 1. The van der Waals surface area contributed by atoms with Gasteiger partial charge in [0.2, 0.25) is 0 Å². The van der Waals surface area contributed by atoms with Crippen LogP contribution >= 0.6 is 69.6 Å². The van der Waals surface area contributed by atoms with Crippen LogP contribution in [-0.4, -0.2) is 6.09 Å². The Kier molecular flexibility index (Phi) is 5.94. The molecule has 0 saturated heterocycles. The summed E-state index contributed by atoms with van der Waals surface area (Å²) >= 11 is 35.3. The van der Waals surface area contributed by atoms with Gasteiger partial charge >= 0.3 is 6.09 Å². The van der Waals surface area contributed by atoms with Crippen molar-refractivity contribution < 1.29 is 9.53 Å². The first kappa shape index (κ1) is 17.8. The van der Waals surface area contributed by atoms with Crippen molar-refractivity contribution in [3.05, 3.63) is 54.4 Å². The SMILES string of the molecule is O=C(Nc1ccc(Cl)cc1)Oc1c(Cl)c(Cl)c(Cl)c(Cl)c1Cl. The molecule has 9 heteroatoms. The Labute approximate surface area is 155 Å². The summed E-state index contributed by atoms with van der Waals surface area (Å²) in [5.41, 5.74) is 0.466. The number of benzene rings is 2. The van der Waals surface area contributed by atoms with Gasteiger partial charge in [-0.3, -0.25) is 5.32 Å². The van der Waals surface area contributed by atoms with Gasteiger partial charge in [-0.25, -0.2) is 4.79 Å². The van der Waals surface area contributed by atoms with Crippen LogP contribution in [-0.2, 0) is 0 Å². The Bertz CT molecular complexity index is 703. The van der Waals surface area contributed by atoms with Gasteiger partial charge in [0.15, 0.2) is 5.75 Å². The zero-order valence-corrected chi connectivity index (χ0v) is 14.9. The lowest BCUT2D eigenvalue weighted by Crippen LogP contribution is -2.17. The van der Waals surface area contributed by atoms with Gasteiger partial charge in [0.25, 0.3) is 0 Å². The largest absolute Gasteiger partial charge is 0.417 e. The molecule has 0 aliphatic carbocycles. The fourth-order valence-corrected chi connectivity index (χ4v) is 2.77. The maximum atomic E-state index is 11.9. The molecule has 0 radical (unpaired) electrons. The fourth-order valence-electron chi connectivity index (χ4n) is 1.44. The Morgan fingerprint density at radius 3 is 1.73 bits per heavy atom. The predicted molar refractivity (Wildman–Crippen MR) is 92.6 cm³/mol. The Morgan fingerprint density at radius 2 is 1.23 bits per heavy atom. The second-order valence-electron chi connectivity index (χ2n) is 3.92.